The molecule has 1 aromatic heterocycles. The fraction of sp³-hybridized carbons (Fsp3) is 0.577. The topological polar surface area (TPSA) is 119 Å². The van der Waals surface area contributed by atoms with Gasteiger partial charge in [-0.05, 0) is 46.1 Å². The first-order valence-electron chi connectivity index (χ1n) is 12.7. The Kier molecular flexibility index (Phi) is 6.68. The first kappa shape index (κ1) is 27.1. The molecule has 13 heteroatoms. The van der Waals surface area contributed by atoms with E-state index in [1.54, 1.807) is 20.8 Å². The number of rotatable bonds is 7. The molecule has 3 aliphatic rings. The van der Waals surface area contributed by atoms with E-state index in [0.29, 0.717) is 25.9 Å². The van der Waals surface area contributed by atoms with E-state index in [1.807, 2.05) is 0 Å². The number of carboxylic acid groups (broad SMARTS) is 1. The van der Waals surface area contributed by atoms with Gasteiger partial charge in [-0.3, -0.25) is 4.79 Å². The van der Waals surface area contributed by atoms with Crippen molar-refractivity contribution in [3.63, 3.8) is 0 Å². The van der Waals surface area contributed by atoms with Crippen LogP contribution in [-0.4, -0.2) is 65.8 Å². The van der Waals surface area contributed by atoms with Crippen LogP contribution in [0.1, 0.15) is 56.4 Å². The highest BCUT2D eigenvalue weighted by molar-refractivity contribution is 5.97. The Morgan fingerprint density at radius 2 is 2.00 bits per heavy atom. The van der Waals surface area contributed by atoms with Crippen LogP contribution < -0.4 is 20.4 Å². The molecule has 2 N–H and O–H groups in total. The van der Waals surface area contributed by atoms with Gasteiger partial charge in [0.1, 0.15) is 22.5 Å². The number of nitrogens with zero attached hydrogens (tertiary/aromatic N) is 2. The molecule has 1 aliphatic carbocycles. The molecule has 0 unspecified atom stereocenters. The highest BCUT2D eigenvalue weighted by Gasteiger charge is 2.52. The lowest BCUT2D eigenvalue weighted by molar-refractivity contribution is -0.0488. The number of halogens is 3. The molecule has 5 rings (SSSR count). The Labute approximate surface area is 221 Å². The normalized spacial score (nSPS) is 22.8. The number of hydrogen-bond donors (Lipinski definition) is 2. The molecular formula is C26H30F3N3O7. The fourth-order valence-electron chi connectivity index (χ4n) is 5.56. The van der Waals surface area contributed by atoms with Gasteiger partial charge in [-0.1, -0.05) is 0 Å². The van der Waals surface area contributed by atoms with Crippen molar-refractivity contribution in [2.75, 3.05) is 31.1 Å². The minimum atomic E-state index is -3.34. The Morgan fingerprint density at radius 1 is 1.28 bits per heavy atom. The number of alkyl halides is 2. The van der Waals surface area contributed by atoms with Crippen molar-refractivity contribution in [3.8, 4) is 5.75 Å². The minimum Gasteiger partial charge on any atom is -0.477 e. The number of alkyl carbamates (subject to hydrolysis) is 1. The van der Waals surface area contributed by atoms with Crippen LogP contribution in [0.15, 0.2) is 17.1 Å². The summed E-state index contributed by atoms with van der Waals surface area (Å²) in [5, 5.41) is 11.9. The van der Waals surface area contributed by atoms with E-state index >= 15 is 4.39 Å². The lowest BCUT2D eigenvalue weighted by Crippen LogP contribution is -2.49. The van der Waals surface area contributed by atoms with Gasteiger partial charge in [0.15, 0.2) is 11.6 Å². The lowest BCUT2D eigenvalue weighted by atomic mass is 9.91. The van der Waals surface area contributed by atoms with Crippen molar-refractivity contribution in [1.82, 2.24) is 9.88 Å². The Balaban J connectivity index is 1.58. The third kappa shape index (κ3) is 5.11. The summed E-state index contributed by atoms with van der Waals surface area (Å²) in [5.74, 6) is -3.20. The number of aromatic carboxylic acids is 1. The zero-order chi connectivity index (χ0) is 28.3. The summed E-state index contributed by atoms with van der Waals surface area (Å²) >= 11 is 0. The van der Waals surface area contributed by atoms with Crippen LogP contribution >= 0.6 is 0 Å². The smallest absolute Gasteiger partial charge is 0.407 e. The van der Waals surface area contributed by atoms with E-state index in [-0.39, 0.29) is 48.2 Å². The number of carboxylic acids is 1. The van der Waals surface area contributed by atoms with Crippen LogP contribution in [0.3, 0.4) is 0 Å². The summed E-state index contributed by atoms with van der Waals surface area (Å²) in [6.07, 6.45) is 2.33. The fourth-order valence-corrected chi connectivity index (χ4v) is 5.56. The van der Waals surface area contributed by atoms with Gasteiger partial charge >= 0.3 is 18.7 Å². The molecule has 0 bridgehead atoms. The standard InChI is InChI=1S/C26H30F3N3O7/c1-25(2,3)39-24(36)30-11-26-12-31(9-13(26)6-7-37-26)19-17(27)8-15-18(21(19)38-23(28)29)32(14-4-5-14)10-16(20(15)33)22(34)35/h8,10,13-14,23H,4-7,9,11-12H2,1-3H3,(H,30,36)(H,34,35)/t13-,26-/m1/s1. The average Bonchev–Trinajstić information content (AvgIpc) is 3.49. The van der Waals surface area contributed by atoms with Crippen LogP contribution in [0.25, 0.3) is 10.9 Å². The van der Waals surface area contributed by atoms with Gasteiger partial charge < -0.3 is 34.1 Å². The van der Waals surface area contributed by atoms with E-state index in [9.17, 15) is 28.3 Å². The number of ether oxygens (including phenoxy) is 3. The van der Waals surface area contributed by atoms with Gasteiger partial charge in [0, 0.05) is 37.9 Å². The average molecular weight is 554 g/mol. The number of amides is 1. The Hall–Kier alpha value is -3.48. The highest BCUT2D eigenvalue weighted by atomic mass is 19.3. The molecule has 1 amide bonds. The SMILES string of the molecule is CC(C)(C)OC(=O)NC[C@@]12CN(c3c(F)cc4c(=O)c(C(=O)O)cn(C5CC5)c4c3OC(F)F)C[C@H]1CCO2. The molecule has 212 valence electrons. The van der Waals surface area contributed by atoms with Gasteiger partial charge in [0.25, 0.3) is 0 Å². The Bertz CT molecular complexity index is 1390. The number of nitrogens with one attached hydrogen (secondary N) is 1. The zero-order valence-corrected chi connectivity index (χ0v) is 21.8. The number of hydrogen-bond acceptors (Lipinski definition) is 7. The maximum absolute atomic E-state index is 15.8. The van der Waals surface area contributed by atoms with Crippen LogP contribution in [0.4, 0.5) is 23.7 Å². The molecule has 10 nitrogen and oxygen atoms in total. The van der Waals surface area contributed by atoms with Crippen LogP contribution in [0.5, 0.6) is 5.75 Å². The van der Waals surface area contributed by atoms with Gasteiger partial charge in [0.05, 0.1) is 17.4 Å². The highest BCUT2D eigenvalue weighted by Crippen LogP contribution is 2.48. The molecule has 2 saturated heterocycles. The molecule has 1 saturated carbocycles. The van der Waals surface area contributed by atoms with Crippen molar-refractivity contribution >= 4 is 28.7 Å². The molecule has 3 heterocycles. The summed E-state index contributed by atoms with van der Waals surface area (Å²) in [7, 11) is 0. The lowest BCUT2D eigenvalue weighted by Gasteiger charge is -2.30. The molecule has 3 fully saturated rings. The largest absolute Gasteiger partial charge is 0.477 e. The number of benzene rings is 1. The van der Waals surface area contributed by atoms with E-state index < -0.39 is 52.4 Å². The number of carbonyl (C=O) groups is 2. The molecule has 39 heavy (non-hydrogen) atoms. The van der Waals surface area contributed by atoms with E-state index in [2.05, 4.69) is 5.32 Å². The first-order chi connectivity index (χ1) is 18.3. The van der Waals surface area contributed by atoms with Crippen LogP contribution in [0.2, 0.25) is 0 Å². The maximum Gasteiger partial charge on any atom is 0.407 e. The summed E-state index contributed by atoms with van der Waals surface area (Å²) in [6, 6.07) is 0.646. The predicted molar refractivity (Wildman–Crippen MR) is 133 cm³/mol. The number of anilines is 1. The van der Waals surface area contributed by atoms with Crippen LogP contribution in [-0.2, 0) is 9.47 Å². The summed E-state index contributed by atoms with van der Waals surface area (Å²) in [5.41, 5.74) is -3.56. The van der Waals surface area contributed by atoms with E-state index in [4.69, 9.17) is 14.2 Å². The third-order valence-corrected chi connectivity index (χ3v) is 7.32. The zero-order valence-electron chi connectivity index (χ0n) is 21.8. The molecular weight excluding hydrogens is 523 g/mol. The molecule has 2 aliphatic heterocycles. The number of fused-ring (bicyclic) bond motifs is 2. The summed E-state index contributed by atoms with van der Waals surface area (Å²) in [6.45, 7) is 2.58. The summed E-state index contributed by atoms with van der Waals surface area (Å²) in [4.78, 5) is 38.5. The molecule has 0 radical (unpaired) electrons. The van der Waals surface area contributed by atoms with Crippen LogP contribution in [0, 0.1) is 11.7 Å². The van der Waals surface area contributed by atoms with Gasteiger partial charge in [-0.2, -0.15) is 8.78 Å². The first-order valence-corrected chi connectivity index (χ1v) is 12.7. The number of pyridine rings is 1. The van der Waals surface area contributed by atoms with Crippen molar-refractivity contribution < 1.29 is 42.1 Å². The monoisotopic (exact) mass is 553 g/mol. The van der Waals surface area contributed by atoms with Gasteiger partial charge in [-0.25, -0.2) is 14.0 Å². The van der Waals surface area contributed by atoms with Crippen molar-refractivity contribution in [1.29, 1.82) is 0 Å². The molecule has 2 atom stereocenters. The second-order valence-electron chi connectivity index (χ2n) is 11.3. The predicted octanol–water partition coefficient (Wildman–Crippen LogP) is 3.90. The van der Waals surface area contributed by atoms with Crippen molar-refractivity contribution in [2.45, 2.75) is 63.9 Å². The van der Waals surface area contributed by atoms with E-state index in [1.165, 1.54) is 9.47 Å². The molecule has 1 aromatic carbocycles. The van der Waals surface area contributed by atoms with Gasteiger partial charge in [0.2, 0.25) is 5.43 Å². The van der Waals surface area contributed by atoms with Gasteiger partial charge in [-0.15, -0.1) is 0 Å². The second-order valence-corrected chi connectivity index (χ2v) is 11.3. The van der Waals surface area contributed by atoms with Crippen molar-refractivity contribution in [3.05, 3.63) is 33.9 Å². The second kappa shape index (κ2) is 9.61. The summed E-state index contributed by atoms with van der Waals surface area (Å²) < 4.78 is 60.8. The molecule has 0 spiro atoms. The molecule has 2 aromatic rings. The maximum atomic E-state index is 15.8. The third-order valence-electron chi connectivity index (χ3n) is 7.32. The quantitative estimate of drug-likeness (QED) is 0.530. The number of carbonyl (C=O) groups excluding carboxylic acids is 1. The Morgan fingerprint density at radius 3 is 2.62 bits per heavy atom. The number of aromatic nitrogens is 1. The minimum absolute atomic E-state index is 0.0519. The van der Waals surface area contributed by atoms with E-state index in [0.717, 1.165) is 12.3 Å². The van der Waals surface area contributed by atoms with Crippen molar-refractivity contribution in [2.24, 2.45) is 5.92 Å².